The average molecular weight is 329 g/mol. The molecular formula is C12H11NO6S2. The van der Waals surface area contributed by atoms with Crippen molar-refractivity contribution in [2.45, 2.75) is 17.2 Å². The van der Waals surface area contributed by atoms with Gasteiger partial charge in [-0.3, -0.25) is 9.59 Å². The van der Waals surface area contributed by atoms with E-state index in [1.54, 1.807) is 0 Å². The molecule has 0 saturated heterocycles. The summed E-state index contributed by atoms with van der Waals surface area (Å²) in [6.07, 6.45) is 0.676. The second kappa shape index (κ2) is 5.49. The van der Waals surface area contributed by atoms with Gasteiger partial charge in [-0.25, -0.2) is 13.4 Å². The summed E-state index contributed by atoms with van der Waals surface area (Å²) in [4.78, 5) is 26.2. The highest BCUT2D eigenvalue weighted by Gasteiger charge is 2.27. The first-order valence-corrected chi connectivity index (χ1v) is 8.07. The van der Waals surface area contributed by atoms with Gasteiger partial charge in [0.15, 0.2) is 20.5 Å². The zero-order valence-corrected chi connectivity index (χ0v) is 12.5. The minimum absolute atomic E-state index is 0.0369. The van der Waals surface area contributed by atoms with Crippen molar-refractivity contribution in [1.29, 1.82) is 0 Å². The molecule has 0 bridgehead atoms. The second-order valence-electron chi connectivity index (χ2n) is 4.44. The number of aromatic nitrogens is 1. The number of fused-ring (bicyclic) bond motifs is 1. The lowest BCUT2D eigenvalue weighted by atomic mass is 10.1. The maximum absolute atomic E-state index is 11.5. The Morgan fingerprint density at radius 2 is 2.10 bits per heavy atom. The molecule has 0 saturated carbocycles. The first kappa shape index (κ1) is 15.5. The molecule has 0 aliphatic heterocycles. The third kappa shape index (κ3) is 3.42. The van der Waals surface area contributed by atoms with Gasteiger partial charge in [0, 0.05) is 18.7 Å². The van der Waals surface area contributed by atoms with Crippen LogP contribution in [0.2, 0.25) is 0 Å². The number of benzene rings is 1. The lowest BCUT2D eigenvalue weighted by molar-refractivity contribution is -0.140. The number of carboxylic acid groups (broad SMARTS) is 1. The van der Waals surface area contributed by atoms with Crippen LogP contribution in [-0.4, -0.2) is 35.8 Å². The number of thiol groups is 1. The van der Waals surface area contributed by atoms with Crippen LogP contribution >= 0.6 is 12.6 Å². The van der Waals surface area contributed by atoms with Crippen molar-refractivity contribution in [3.05, 3.63) is 24.1 Å². The molecule has 21 heavy (non-hydrogen) atoms. The van der Waals surface area contributed by atoms with Crippen LogP contribution < -0.4 is 0 Å². The van der Waals surface area contributed by atoms with Gasteiger partial charge in [-0.15, -0.1) is 12.6 Å². The number of sulfone groups is 1. The van der Waals surface area contributed by atoms with Crippen molar-refractivity contribution in [2.75, 3.05) is 6.26 Å². The van der Waals surface area contributed by atoms with Gasteiger partial charge in [0.05, 0.1) is 4.90 Å². The number of carboxylic acids is 1. The summed E-state index contributed by atoms with van der Waals surface area (Å²) in [5.74, 6) is -2.69. The van der Waals surface area contributed by atoms with Crippen LogP contribution in [-0.2, 0) is 19.4 Å². The van der Waals surface area contributed by atoms with Gasteiger partial charge in [-0.1, -0.05) is 0 Å². The minimum atomic E-state index is -3.41. The third-order valence-electron chi connectivity index (χ3n) is 2.78. The number of hydrogen-bond acceptors (Lipinski definition) is 6. The lowest BCUT2D eigenvalue weighted by Crippen LogP contribution is -2.14. The Morgan fingerprint density at radius 3 is 2.62 bits per heavy atom. The van der Waals surface area contributed by atoms with Gasteiger partial charge in [0.1, 0.15) is 11.4 Å². The molecule has 2 aromatic rings. The maximum atomic E-state index is 11.5. The van der Waals surface area contributed by atoms with Crippen LogP contribution in [0.5, 0.6) is 0 Å². The zero-order valence-electron chi connectivity index (χ0n) is 10.8. The number of rotatable bonds is 5. The van der Waals surface area contributed by atoms with E-state index in [1.165, 1.54) is 18.2 Å². The normalized spacial score (nSPS) is 13.2. The topological polar surface area (TPSA) is 115 Å². The average Bonchev–Trinajstić information content (AvgIpc) is 2.76. The monoisotopic (exact) mass is 329 g/mol. The summed E-state index contributed by atoms with van der Waals surface area (Å²) >= 11 is 3.55. The molecule has 2 rings (SSSR count). The Balaban J connectivity index is 2.51. The molecule has 0 radical (unpaired) electrons. The quantitative estimate of drug-likeness (QED) is 0.793. The molecule has 1 aromatic heterocycles. The van der Waals surface area contributed by atoms with E-state index in [-0.39, 0.29) is 22.8 Å². The van der Waals surface area contributed by atoms with E-state index in [4.69, 9.17) is 9.52 Å². The van der Waals surface area contributed by atoms with Gasteiger partial charge < -0.3 is 9.52 Å². The molecule has 0 spiro atoms. The van der Waals surface area contributed by atoms with Gasteiger partial charge in [0.25, 0.3) is 0 Å². The molecule has 1 atom stereocenters. The Morgan fingerprint density at radius 1 is 1.43 bits per heavy atom. The Kier molecular flexibility index (Phi) is 4.06. The molecule has 1 N–H and O–H groups in total. The largest absolute Gasteiger partial charge is 0.481 e. The fourth-order valence-corrected chi connectivity index (χ4v) is 2.58. The van der Waals surface area contributed by atoms with Crippen molar-refractivity contribution in [3.63, 3.8) is 0 Å². The summed E-state index contributed by atoms with van der Waals surface area (Å²) < 4.78 is 28.2. The molecule has 1 aromatic carbocycles. The predicted molar refractivity (Wildman–Crippen MR) is 76.1 cm³/mol. The van der Waals surface area contributed by atoms with Crippen LogP contribution in [0.15, 0.2) is 27.5 Å². The van der Waals surface area contributed by atoms with Crippen molar-refractivity contribution in [2.24, 2.45) is 0 Å². The van der Waals surface area contributed by atoms with Crippen LogP contribution in [0.25, 0.3) is 11.1 Å². The van der Waals surface area contributed by atoms with E-state index in [0.29, 0.717) is 5.52 Å². The molecule has 0 aliphatic rings. The zero-order chi connectivity index (χ0) is 15.8. The number of nitrogens with zero attached hydrogens (tertiary/aromatic N) is 1. The SMILES string of the molecule is CS(=O)(=O)c1ccc2nc(C(CC(=O)S)C(=O)O)oc2c1. The minimum Gasteiger partial charge on any atom is -0.481 e. The molecule has 1 unspecified atom stereocenters. The highest BCUT2D eigenvalue weighted by Crippen LogP contribution is 2.26. The number of oxazole rings is 1. The van der Waals surface area contributed by atoms with E-state index in [1.807, 2.05) is 0 Å². The van der Waals surface area contributed by atoms with Gasteiger partial charge in [-0.2, -0.15) is 0 Å². The first-order chi connectivity index (χ1) is 9.68. The molecule has 0 fully saturated rings. The fraction of sp³-hybridized carbons (Fsp3) is 0.250. The van der Waals surface area contributed by atoms with Gasteiger partial charge in [0.2, 0.25) is 5.89 Å². The molecular weight excluding hydrogens is 318 g/mol. The third-order valence-corrected chi connectivity index (χ3v) is 4.07. The van der Waals surface area contributed by atoms with Crippen LogP contribution in [0.3, 0.4) is 0 Å². The highest BCUT2D eigenvalue weighted by atomic mass is 32.2. The summed E-state index contributed by atoms with van der Waals surface area (Å²) in [6, 6.07) is 4.03. The van der Waals surface area contributed by atoms with E-state index >= 15 is 0 Å². The number of hydrogen-bond donors (Lipinski definition) is 2. The molecule has 7 nitrogen and oxygen atoms in total. The van der Waals surface area contributed by atoms with Crippen molar-refractivity contribution < 1.29 is 27.5 Å². The van der Waals surface area contributed by atoms with E-state index < -0.39 is 26.8 Å². The molecule has 1 heterocycles. The van der Waals surface area contributed by atoms with Crippen molar-refractivity contribution in [1.82, 2.24) is 4.98 Å². The number of carbonyl (C=O) groups excluding carboxylic acids is 1. The summed E-state index contributed by atoms with van der Waals surface area (Å²) in [6.45, 7) is 0. The second-order valence-corrected chi connectivity index (χ2v) is 6.96. The number of aliphatic carboxylic acids is 1. The smallest absolute Gasteiger partial charge is 0.316 e. The Hall–Kier alpha value is -1.87. The van der Waals surface area contributed by atoms with Gasteiger partial charge in [-0.05, 0) is 12.1 Å². The van der Waals surface area contributed by atoms with E-state index in [9.17, 15) is 18.0 Å². The molecule has 9 heteroatoms. The van der Waals surface area contributed by atoms with Crippen molar-refractivity contribution in [3.8, 4) is 0 Å². The molecule has 0 amide bonds. The van der Waals surface area contributed by atoms with Crippen LogP contribution in [0.1, 0.15) is 18.2 Å². The standard InChI is InChI=1S/C12H11NO6S2/c1-21(17,18)6-2-3-8-9(4-6)19-11(13-8)7(12(15)16)5-10(14)20/h2-4,7H,5H2,1H3,(H,14,20)(H,15,16). The summed E-state index contributed by atoms with van der Waals surface area (Å²) in [5.41, 5.74) is 0.459. The fourth-order valence-electron chi connectivity index (χ4n) is 1.76. The van der Waals surface area contributed by atoms with Crippen LogP contribution in [0, 0.1) is 0 Å². The molecule has 112 valence electrons. The van der Waals surface area contributed by atoms with E-state index in [0.717, 1.165) is 6.26 Å². The lowest BCUT2D eigenvalue weighted by Gasteiger charge is -2.04. The molecule has 0 aliphatic carbocycles. The van der Waals surface area contributed by atoms with Crippen molar-refractivity contribution >= 4 is 44.7 Å². The predicted octanol–water partition coefficient (Wildman–Crippen LogP) is 1.25. The van der Waals surface area contributed by atoms with Gasteiger partial charge >= 0.3 is 5.97 Å². The highest BCUT2D eigenvalue weighted by molar-refractivity contribution is 7.96. The maximum Gasteiger partial charge on any atom is 0.316 e. The van der Waals surface area contributed by atoms with Crippen LogP contribution in [0.4, 0.5) is 0 Å². The Bertz CT molecular complexity index is 823. The summed E-state index contributed by atoms with van der Waals surface area (Å²) in [7, 11) is -3.41. The van der Waals surface area contributed by atoms with E-state index in [2.05, 4.69) is 17.6 Å². The summed E-state index contributed by atoms with van der Waals surface area (Å²) in [5, 5.41) is 8.49. The Labute approximate surface area is 125 Å². The first-order valence-electron chi connectivity index (χ1n) is 5.73. The number of carbonyl (C=O) groups is 2.